The van der Waals surface area contributed by atoms with Gasteiger partial charge in [0.2, 0.25) is 5.91 Å². The van der Waals surface area contributed by atoms with Gasteiger partial charge in [0.25, 0.3) is 0 Å². The third-order valence-electron chi connectivity index (χ3n) is 3.07. The first-order valence-electron chi connectivity index (χ1n) is 4.31. The summed E-state index contributed by atoms with van der Waals surface area (Å²) in [5, 5.41) is 8.91. The molecule has 4 atom stereocenters. The lowest BCUT2D eigenvalue weighted by atomic mass is 9.83. The highest BCUT2D eigenvalue weighted by molar-refractivity contribution is 5.85. The van der Waals surface area contributed by atoms with Crippen LogP contribution in [0, 0.1) is 23.7 Å². The molecule has 13 heavy (non-hydrogen) atoms. The first-order valence-corrected chi connectivity index (χ1v) is 4.31. The van der Waals surface area contributed by atoms with E-state index >= 15 is 0 Å². The Morgan fingerprint density at radius 2 is 1.77 bits per heavy atom. The Hall–Kier alpha value is -1.32. The molecular formula is C9H11NO3. The van der Waals surface area contributed by atoms with Crippen molar-refractivity contribution in [3.8, 4) is 0 Å². The molecule has 0 aromatic carbocycles. The second-order valence-electron chi connectivity index (χ2n) is 3.74. The van der Waals surface area contributed by atoms with Crippen molar-refractivity contribution in [1.29, 1.82) is 0 Å². The number of hydrogen-bond donors (Lipinski definition) is 2. The highest BCUT2D eigenvalue weighted by Gasteiger charge is 2.50. The fourth-order valence-corrected chi connectivity index (χ4v) is 2.55. The van der Waals surface area contributed by atoms with Crippen molar-refractivity contribution in [3.05, 3.63) is 12.2 Å². The average Bonchev–Trinajstić information content (AvgIpc) is 2.60. The second kappa shape index (κ2) is 2.58. The molecule has 1 saturated carbocycles. The molecule has 0 aliphatic heterocycles. The van der Waals surface area contributed by atoms with Crippen LogP contribution < -0.4 is 5.73 Å². The van der Waals surface area contributed by atoms with E-state index in [0.717, 1.165) is 6.42 Å². The van der Waals surface area contributed by atoms with Crippen LogP contribution in [0.3, 0.4) is 0 Å². The van der Waals surface area contributed by atoms with E-state index < -0.39 is 23.7 Å². The minimum atomic E-state index is -0.902. The summed E-state index contributed by atoms with van der Waals surface area (Å²) in [7, 11) is 0. The normalized spacial score (nSPS) is 40.9. The molecule has 0 saturated heterocycles. The second-order valence-corrected chi connectivity index (χ2v) is 3.74. The van der Waals surface area contributed by atoms with Crippen LogP contribution in [0.2, 0.25) is 0 Å². The lowest BCUT2D eigenvalue weighted by Gasteiger charge is -2.21. The zero-order valence-electron chi connectivity index (χ0n) is 7.01. The Morgan fingerprint density at radius 1 is 1.23 bits per heavy atom. The van der Waals surface area contributed by atoms with Crippen LogP contribution in [0.4, 0.5) is 0 Å². The molecule has 1 fully saturated rings. The molecule has 2 aliphatic carbocycles. The lowest BCUT2D eigenvalue weighted by molar-refractivity contribution is -0.147. The number of carbonyl (C=O) groups excluding carboxylic acids is 1. The van der Waals surface area contributed by atoms with Gasteiger partial charge in [-0.2, -0.15) is 0 Å². The number of carboxylic acid groups (broad SMARTS) is 1. The van der Waals surface area contributed by atoms with E-state index in [4.69, 9.17) is 10.8 Å². The molecule has 70 valence electrons. The van der Waals surface area contributed by atoms with Gasteiger partial charge in [-0.05, 0) is 18.3 Å². The molecule has 1 amide bonds. The summed E-state index contributed by atoms with van der Waals surface area (Å²) < 4.78 is 0. The molecular weight excluding hydrogens is 170 g/mol. The lowest BCUT2D eigenvalue weighted by Crippen LogP contribution is -2.36. The van der Waals surface area contributed by atoms with Gasteiger partial charge in [-0.25, -0.2) is 0 Å². The van der Waals surface area contributed by atoms with Crippen LogP contribution in [-0.2, 0) is 9.59 Å². The predicted octanol–water partition coefficient (Wildman–Crippen LogP) is -0.00540. The maximum absolute atomic E-state index is 11.0. The van der Waals surface area contributed by atoms with Crippen LogP contribution in [0.5, 0.6) is 0 Å². The Balaban J connectivity index is 2.30. The van der Waals surface area contributed by atoms with Crippen molar-refractivity contribution < 1.29 is 14.7 Å². The van der Waals surface area contributed by atoms with Gasteiger partial charge in [0.15, 0.2) is 0 Å². The highest BCUT2D eigenvalue weighted by atomic mass is 16.4. The number of carbonyl (C=O) groups is 2. The minimum absolute atomic E-state index is 0.0139. The number of allylic oxidation sites excluding steroid dienone is 2. The van der Waals surface area contributed by atoms with Gasteiger partial charge in [-0.15, -0.1) is 0 Å². The Labute approximate surface area is 75.4 Å². The Kier molecular flexibility index (Phi) is 1.65. The number of carboxylic acids is 1. The summed E-state index contributed by atoms with van der Waals surface area (Å²) in [6.07, 6.45) is 4.58. The summed E-state index contributed by atoms with van der Waals surface area (Å²) in [5.41, 5.74) is 5.18. The van der Waals surface area contributed by atoms with Gasteiger partial charge in [0.05, 0.1) is 11.8 Å². The van der Waals surface area contributed by atoms with Gasteiger partial charge >= 0.3 is 5.97 Å². The molecule has 0 aromatic heterocycles. The molecule has 0 heterocycles. The van der Waals surface area contributed by atoms with Crippen LogP contribution in [0.15, 0.2) is 12.2 Å². The van der Waals surface area contributed by atoms with Crippen LogP contribution in [0.25, 0.3) is 0 Å². The zero-order chi connectivity index (χ0) is 9.59. The van der Waals surface area contributed by atoms with Crippen molar-refractivity contribution in [3.63, 3.8) is 0 Å². The van der Waals surface area contributed by atoms with E-state index in [1.54, 1.807) is 0 Å². The van der Waals surface area contributed by atoms with Crippen molar-refractivity contribution in [2.45, 2.75) is 6.42 Å². The van der Waals surface area contributed by atoms with Crippen LogP contribution in [-0.4, -0.2) is 17.0 Å². The minimum Gasteiger partial charge on any atom is -0.481 e. The number of hydrogen-bond acceptors (Lipinski definition) is 2. The number of primary amides is 1. The summed E-state index contributed by atoms with van der Waals surface area (Å²) in [4.78, 5) is 21.9. The van der Waals surface area contributed by atoms with E-state index in [2.05, 4.69) is 0 Å². The summed E-state index contributed by atoms with van der Waals surface area (Å²) in [6, 6.07) is 0. The van der Waals surface area contributed by atoms with Gasteiger partial charge in [0.1, 0.15) is 0 Å². The van der Waals surface area contributed by atoms with Gasteiger partial charge in [-0.3, -0.25) is 9.59 Å². The van der Waals surface area contributed by atoms with Gasteiger partial charge in [-0.1, -0.05) is 12.2 Å². The molecule has 2 aliphatic rings. The number of nitrogens with two attached hydrogens (primary N) is 1. The van der Waals surface area contributed by atoms with E-state index in [0.29, 0.717) is 0 Å². The third-order valence-corrected chi connectivity index (χ3v) is 3.07. The van der Waals surface area contributed by atoms with Gasteiger partial charge < -0.3 is 10.8 Å². The highest BCUT2D eigenvalue weighted by Crippen LogP contribution is 2.47. The van der Waals surface area contributed by atoms with E-state index in [-0.39, 0.29) is 11.8 Å². The van der Waals surface area contributed by atoms with E-state index in [9.17, 15) is 9.59 Å². The molecule has 0 aromatic rings. The van der Waals surface area contributed by atoms with Gasteiger partial charge in [0, 0.05) is 0 Å². The average molecular weight is 181 g/mol. The van der Waals surface area contributed by atoms with Crippen molar-refractivity contribution in [1.82, 2.24) is 0 Å². The molecule has 2 bridgehead atoms. The van der Waals surface area contributed by atoms with E-state index in [1.807, 2.05) is 12.2 Å². The monoisotopic (exact) mass is 181 g/mol. The molecule has 4 heteroatoms. The smallest absolute Gasteiger partial charge is 0.307 e. The Morgan fingerprint density at radius 3 is 2.15 bits per heavy atom. The fraction of sp³-hybridized carbons (Fsp3) is 0.556. The maximum Gasteiger partial charge on any atom is 0.307 e. The molecule has 0 spiro atoms. The number of rotatable bonds is 2. The van der Waals surface area contributed by atoms with Crippen molar-refractivity contribution >= 4 is 11.9 Å². The van der Waals surface area contributed by atoms with Crippen LogP contribution >= 0.6 is 0 Å². The summed E-state index contributed by atoms with van der Waals surface area (Å²) in [5.74, 6) is -2.39. The van der Waals surface area contributed by atoms with Crippen LogP contribution in [0.1, 0.15) is 6.42 Å². The van der Waals surface area contributed by atoms with E-state index in [1.165, 1.54) is 0 Å². The molecule has 4 unspecified atom stereocenters. The third kappa shape index (κ3) is 1.05. The molecule has 4 nitrogen and oxygen atoms in total. The summed E-state index contributed by atoms with van der Waals surface area (Å²) in [6.45, 7) is 0. The quantitative estimate of drug-likeness (QED) is 0.588. The van der Waals surface area contributed by atoms with Crippen molar-refractivity contribution in [2.24, 2.45) is 29.4 Å². The number of aliphatic carboxylic acids is 1. The SMILES string of the molecule is NC(=O)C1C2C=CC(C2)C1C(=O)O. The fourth-order valence-electron chi connectivity index (χ4n) is 2.55. The summed E-state index contributed by atoms with van der Waals surface area (Å²) >= 11 is 0. The number of amides is 1. The first kappa shape index (κ1) is 8.29. The number of fused-ring (bicyclic) bond motifs is 2. The molecule has 2 rings (SSSR count). The Bertz CT molecular complexity index is 269. The maximum atomic E-state index is 11.0. The molecule has 0 radical (unpaired) electrons. The first-order chi connectivity index (χ1) is 6.11. The van der Waals surface area contributed by atoms with Crippen molar-refractivity contribution in [2.75, 3.05) is 0 Å². The largest absolute Gasteiger partial charge is 0.481 e. The predicted molar refractivity (Wildman–Crippen MR) is 44.5 cm³/mol. The zero-order valence-corrected chi connectivity index (χ0v) is 7.01. The standard InChI is InChI=1S/C9H11NO3/c10-8(11)6-4-1-2-5(3-4)7(6)9(12)13/h1-2,4-7H,3H2,(H2,10,11)(H,12,13). The molecule has 3 N–H and O–H groups in total. The topological polar surface area (TPSA) is 80.4 Å².